The Morgan fingerprint density at radius 1 is 0.931 bits per heavy atom. The summed E-state index contributed by atoms with van der Waals surface area (Å²) in [7, 11) is -4.10. The van der Waals surface area contributed by atoms with E-state index in [-0.39, 0.29) is 10.6 Å². The van der Waals surface area contributed by atoms with Crippen molar-refractivity contribution in [1.29, 1.82) is 0 Å². The second-order valence-corrected chi connectivity index (χ2v) is 9.18. The van der Waals surface area contributed by atoms with Gasteiger partial charge in [0.25, 0.3) is 15.9 Å². The molecule has 0 heterocycles. The zero-order chi connectivity index (χ0) is 21.0. The monoisotopic (exact) mass is 473 g/mol. The van der Waals surface area contributed by atoms with Crippen LogP contribution in [0.2, 0.25) is 0 Å². The lowest BCUT2D eigenvalue weighted by Crippen LogP contribution is -2.40. The van der Waals surface area contributed by atoms with Gasteiger partial charge in [-0.25, -0.2) is 8.42 Å². The number of sulfonamides is 1. The van der Waals surface area contributed by atoms with Crippen molar-refractivity contribution in [3.05, 3.63) is 88.4 Å². The Labute approximate surface area is 179 Å². The van der Waals surface area contributed by atoms with Gasteiger partial charge in [0.2, 0.25) is 0 Å². The van der Waals surface area contributed by atoms with E-state index in [0.29, 0.717) is 10.2 Å². The van der Waals surface area contributed by atoms with Crippen molar-refractivity contribution in [2.75, 3.05) is 10.9 Å². The molecule has 0 spiro atoms. The van der Waals surface area contributed by atoms with E-state index in [1.54, 1.807) is 48.5 Å². The van der Waals surface area contributed by atoms with Crippen molar-refractivity contribution >= 4 is 37.5 Å². The second-order valence-electron chi connectivity index (χ2n) is 6.53. The van der Waals surface area contributed by atoms with Gasteiger partial charge in [-0.1, -0.05) is 42.0 Å². The van der Waals surface area contributed by atoms with Gasteiger partial charge in [0.05, 0.1) is 15.1 Å². The fourth-order valence-corrected chi connectivity index (χ4v) is 4.74. The molecule has 1 amide bonds. The molecule has 7 heteroatoms. The van der Waals surface area contributed by atoms with Crippen molar-refractivity contribution in [1.82, 2.24) is 0 Å². The molecule has 0 aliphatic rings. The maximum Gasteiger partial charge on any atom is 0.278 e. The minimum atomic E-state index is -4.10. The highest BCUT2D eigenvalue weighted by Gasteiger charge is 2.31. The summed E-state index contributed by atoms with van der Waals surface area (Å²) in [6.07, 6.45) is 0. The average Bonchev–Trinajstić information content (AvgIpc) is 2.68. The Bertz CT molecular complexity index is 1110. The lowest BCUT2D eigenvalue weighted by molar-refractivity contribution is -0.119. The Balaban J connectivity index is 1.93. The number of aryl methyl sites for hydroxylation is 2. The Morgan fingerprint density at radius 3 is 2.17 bits per heavy atom. The summed E-state index contributed by atoms with van der Waals surface area (Å²) in [6, 6.07) is 20.1. The third-order valence-electron chi connectivity index (χ3n) is 4.21. The maximum absolute atomic E-state index is 13.2. The van der Waals surface area contributed by atoms with Crippen LogP contribution in [0.25, 0.3) is 0 Å². The van der Waals surface area contributed by atoms with Crippen molar-refractivity contribution in [2.45, 2.75) is 18.7 Å². The van der Waals surface area contributed by atoms with Crippen LogP contribution < -0.4 is 9.04 Å². The van der Waals surface area contributed by atoms with Crippen molar-refractivity contribution in [2.24, 2.45) is 0 Å². The van der Waals surface area contributed by atoms with Crippen LogP contribution in [0.3, 0.4) is 0 Å². The molecule has 5 nitrogen and oxygen atoms in total. The Morgan fingerprint density at radius 2 is 1.55 bits per heavy atom. The molecule has 3 aromatic rings. The largest absolute Gasteiger partial charge is 0.483 e. The summed E-state index contributed by atoms with van der Waals surface area (Å²) in [5.74, 6) is -0.228. The summed E-state index contributed by atoms with van der Waals surface area (Å²) in [6.45, 7) is 3.37. The van der Waals surface area contributed by atoms with Crippen molar-refractivity contribution in [3.63, 3.8) is 0 Å². The van der Waals surface area contributed by atoms with E-state index in [4.69, 9.17) is 4.74 Å². The third kappa shape index (κ3) is 4.86. The number of ether oxygens (including phenoxy) is 1. The van der Waals surface area contributed by atoms with E-state index >= 15 is 0 Å². The quantitative estimate of drug-likeness (QED) is 0.512. The summed E-state index contributed by atoms with van der Waals surface area (Å²) >= 11 is 3.39. The van der Waals surface area contributed by atoms with Gasteiger partial charge in [0.1, 0.15) is 5.75 Å². The number of hydrogen-bond donors (Lipinski definition) is 0. The van der Waals surface area contributed by atoms with Crippen LogP contribution in [0.15, 0.2) is 82.2 Å². The van der Waals surface area contributed by atoms with Gasteiger partial charge in [0.15, 0.2) is 6.61 Å². The molecule has 0 aromatic heterocycles. The number of hydrogen-bond acceptors (Lipinski definition) is 4. The molecule has 0 atom stereocenters. The van der Waals surface area contributed by atoms with E-state index in [1.165, 1.54) is 12.1 Å². The highest BCUT2D eigenvalue weighted by molar-refractivity contribution is 9.10. The summed E-state index contributed by atoms with van der Waals surface area (Å²) < 4.78 is 33.6. The number of para-hydroxylation sites is 1. The first-order chi connectivity index (χ1) is 13.8. The number of halogens is 1. The van der Waals surface area contributed by atoms with Gasteiger partial charge in [-0.3, -0.25) is 4.79 Å². The van der Waals surface area contributed by atoms with Crippen molar-refractivity contribution in [3.8, 4) is 5.75 Å². The predicted molar refractivity (Wildman–Crippen MR) is 117 cm³/mol. The van der Waals surface area contributed by atoms with E-state index < -0.39 is 22.5 Å². The molecule has 29 heavy (non-hydrogen) atoms. The SMILES string of the molecule is Cc1ccc(S(=O)(=O)N(C(=O)COc2ccc(C)cc2Br)c2ccccc2)cc1. The molecule has 0 N–H and O–H groups in total. The summed E-state index contributed by atoms with van der Waals surface area (Å²) in [4.78, 5) is 13.0. The van der Waals surface area contributed by atoms with E-state index in [1.807, 2.05) is 26.0 Å². The molecule has 3 aromatic carbocycles. The second kappa shape index (κ2) is 8.80. The lowest BCUT2D eigenvalue weighted by atomic mass is 10.2. The molecule has 0 fully saturated rings. The van der Waals surface area contributed by atoms with Gasteiger partial charge >= 0.3 is 0 Å². The predicted octanol–water partition coefficient (Wildman–Crippen LogP) is 4.87. The number of carbonyl (C=O) groups excluding carboxylic acids is 1. The lowest BCUT2D eigenvalue weighted by Gasteiger charge is -2.23. The van der Waals surface area contributed by atoms with Crippen LogP contribution >= 0.6 is 15.9 Å². The molecule has 0 saturated carbocycles. The third-order valence-corrected chi connectivity index (χ3v) is 6.60. The molecule has 150 valence electrons. The molecule has 0 bridgehead atoms. The summed E-state index contributed by atoms with van der Waals surface area (Å²) in [5, 5.41) is 0. The zero-order valence-corrected chi connectivity index (χ0v) is 18.4. The number of rotatable bonds is 6. The number of amides is 1. The minimum absolute atomic E-state index is 0.0387. The summed E-state index contributed by atoms with van der Waals surface area (Å²) in [5.41, 5.74) is 2.21. The van der Waals surface area contributed by atoms with Crippen LogP contribution in [-0.2, 0) is 14.8 Å². The normalized spacial score (nSPS) is 11.1. The van der Waals surface area contributed by atoms with Gasteiger partial charge in [-0.15, -0.1) is 0 Å². The highest BCUT2D eigenvalue weighted by Crippen LogP contribution is 2.27. The molecule has 0 radical (unpaired) electrons. The first-order valence-electron chi connectivity index (χ1n) is 8.88. The average molecular weight is 474 g/mol. The minimum Gasteiger partial charge on any atom is -0.483 e. The first-order valence-corrected chi connectivity index (χ1v) is 11.1. The van der Waals surface area contributed by atoms with Crippen LogP contribution in [0.1, 0.15) is 11.1 Å². The molecule has 0 aliphatic carbocycles. The van der Waals surface area contributed by atoms with Gasteiger partial charge in [-0.2, -0.15) is 4.31 Å². The maximum atomic E-state index is 13.2. The number of benzene rings is 3. The molecule has 0 unspecified atom stereocenters. The number of carbonyl (C=O) groups is 1. The fourth-order valence-electron chi connectivity index (χ4n) is 2.72. The smallest absolute Gasteiger partial charge is 0.278 e. The van der Waals surface area contributed by atoms with Crippen LogP contribution in [0, 0.1) is 13.8 Å². The molecular weight excluding hydrogens is 454 g/mol. The molecule has 0 aliphatic heterocycles. The van der Waals surface area contributed by atoms with E-state index in [0.717, 1.165) is 15.4 Å². The van der Waals surface area contributed by atoms with Gasteiger partial charge in [0, 0.05) is 0 Å². The van der Waals surface area contributed by atoms with E-state index in [9.17, 15) is 13.2 Å². The van der Waals surface area contributed by atoms with E-state index in [2.05, 4.69) is 15.9 Å². The Kier molecular flexibility index (Phi) is 6.39. The zero-order valence-electron chi connectivity index (χ0n) is 16.0. The first kappa shape index (κ1) is 21.1. The van der Waals surface area contributed by atoms with Gasteiger partial charge in [-0.05, 0) is 71.7 Å². The number of anilines is 1. The van der Waals surface area contributed by atoms with Crippen LogP contribution in [-0.4, -0.2) is 20.9 Å². The number of nitrogens with zero attached hydrogens (tertiary/aromatic N) is 1. The van der Waals surface area contributed by atoms with Gasteiger partial charge < -0.3 is 4.74 Å². The molecule has 0 saturated heterocycles. The molecular formula is C22H20BrNO4S. The molecule has 3 rings (SSSR count). The topological polar surface area (TPSA) is 63.7 Å². The van der Waals surface area contributed by atoms with Crippen LogP contribution in [0.5, 0.6) is 5.75 Å². The van der Waals surface area contributed by atoms with Crippen LogP contribution in [0.4, 0.5) is 5.69 Å². The Hall–Kier alpha value is -2.64. The highest BCUT2D eigenvalue weighted by atomic mass is 79.9. The standard InChI is InChI=1S/C22H20BrNO4S/c1-16-8-11-19(12-9-16)29(26,27)24(18-6-4-3-5-7-18)22(25)15-28-21-13-10-17(2)14-20(21)23/h3-14H,15H2,1-2H3. The fraction of sp³-hybridized carbons (Fsp3) is 0.136. The van der Waals surface area contributed by atoms with Crippen molar-refractivity contribution < 1.29 is 17.9 Å².